The summed E-state index contributed by atoms with van der Waals surface area (Å²) >= 11 is 0. The summed E-state index contributed by atoms with van der Waals surface area (Å²) in [6.45, 7) is 1.96. The van der Waals surface area contributed by atoms with Crippen LogP contribution < -0.4 is 16.0 Å². The lowest BCUT2D eigenvalue weighted by Crippen LogP contribution is -2.30. The number of rotatable bonds is 3. The molecular formula is C18H16N4O2. The second-order valence-corrected chi connectivity index (χ2v) is 5.29. The zero-order valence-corrected chi connectivity index (χ0v) is 13.0. The number of anilines is 2. The minimum absolute atomic E-state index is 0.0537. The third-order valence-electron chi connectivity index (χ3n) is 3.32. The number of benzene rings is 2. The van der Waals surface area contributed by atoms with E-state index in [1.165, 1.54) is 6.08 Å². The van der Waals surface area contributed by atoms with E-state index in [2.05, 4.69) is 20.9 Å². The first-order chi connectivity index (χ1) is 11.6. The second-order valence-electron chi connectivity index (χ2n) is 5.29. The summed E-state index contributed by atoms with van der Waals surface area (Å²) in [5.41, 5.74) is 2.61. The minimum Gasteiger partial charge on any atom is -0.326 e. The van der Waals surface area contributed by atoms with Crippen molar-refractivity contribution in [1.82, 2.24) is 5.32 Å². The van der Waals surface area contributed by atoms with E-state index in [4.69, 9.17) is 0 Å². The highest BCUT2D eigenvalue weighted by atomic mass is 16.2. The molecule has 0 atom stereocenters. The predicted octanol–water partition coefficient (Wildman–Crippen LogP) is 2.42. The van der Waals surface area contributed by atoms with Crippen molar-refractivity contribution in [2.45, 2.75) is 6.92 Å². The van der Waals surface area contributed by atoms with E-state index in [1.807, 2.05) is 49.4 Å². The molecule has 0 aliphatic carbocycles. The van der Waals surface area contributed by atoms with Crippen LogP contribution in [0.5, 0.6) is 0 Å². The summed E-state index contributed by atoms with van der Waals surface area (Å²) in [5.74, 6) is -0.540. The van der Waals surface area contributed by atoms with Gasteiger partial charge in [-0.25, -0.2) is 4.99 Å². The Balaban J connectivity index is 1.68. The highest BCUT2D eigenvalue weighted by molar-refractivity contribution is 6.18. The molecular weight excluding hydrogens is 304 g/mol. The molecule has 0 aromatic heterocycles. The largest absolute Gasteiger partial charge is 0.326 e. The van der Waals surface area contributed by atoms with Crippen LogP contribution in [-0.2, 0) is 9.59 Å². The Morgan fingerprint density at radius 3 is 2.46 bits per heavy atom. The van der Waals surface area contributed by atoms with Gasteiger partial charge in [-0.1, -0.05) is 35.9 Å². The summed E-state index contributed by atoms with van der Waals surface area (Å²) in [4.78, 5) is 28.0. The van der Waals surface area contributed by atoms with E-state index in [1.54, 1.807) is 12.1 Å². The van der Waals surface area contributed by atoms with Crippen LogP contribution in [0.3, 0.4) is 0 Å². The number of aryl methyl sites for hydroxylation is 1. The van der Waals surface area contributed by atoms with Crippen molar-refractivity contribution in [3.05, 3.63) is 71.9 Å². The van der Waals surface area contributed by atoms with Gasteiger partial charge in [0, 0.05) is 17.5 Å². The van der Waals surface area contributed by atoms with E-state index < -0.39 is 11.8 Å². The van der Waals surface area contributed by atoms with Crippen LogP contribution in [-0.4, -0.2) is 17.8 Å². The smallest absolute Gasteiger partial charge is 0.276 e. The maximum absolute atomic E-state index is 12.0. The summed E-state index contributed by atoms with van der Waals surface area (Å²) in [6, 6.07) is 16.7. The van der Waals surface area contributed by atoms with Crippen LogP contribution in [0.1, 0.15) is 5.56 Å². The van der Waals surface area contributed by atoms with Crippen LogP contribution in [0.4, 0.5) is 11.4 Å². The molecule has 120 valence electrons. The normalized spacial score (nSPS) is 15.0. The summed E-state index contributed by atoms with van der Waals surface area (Å²) in [7, 11) is 0. The van der Waals surface area contributed by atoms with E-state index in [0.717, 1.165) is 11.3 Å². The first kappa shape index (κ1) is 15.5. The van der Waals surface area contributed by atoms with Crippen molar-refractivity contribution in [3.8, 4) is 0 Å². The van der Waals surface area contributed by atoms with Crippen LogP contribution in [0.2, 0.25) is 0 Å². The number of aliphatic imine (C=N–C) groups is 1. The molecule has 6 nitrogen and oxygen atoms in total. The molecule has 2 amide bonds. The minimum atomic E-state index is -0.424. The lowest BCUT2D eigenvalue weighted by molar-refractivity contribution is -0.116. The molecule has 1 aliphatic heterocycles. The van der Waals surface area contributed by atoms with Crippen LogP contribution in [0.15, 0.2) is 71.4 Å². The molecule has 2 aromatic carbocycles. The number of nitrogens with zero attached hydrogens (tertiary/aromatic N) is 1. The molecule has 0 radical (unpaired) electrons. The number of amides is 2. The highest BCUT2D eigenvalue weighted by Gasteiger charge is 2.21. The second kappa shape index (κ2) is 6.78. The number of hydrogen-bond acceptors (Lipinski definition) is 4. The van der Waals surface area contributed by atoms with Crippen molar-refractivity contribution in [2.24, 2.45) is 4.99 Å². The molecule has 24 heavy (non-hydrogen) atoms. The molecule has 6 heteroatoms. The Morgan fingerprint density at radius 2 is 1.75 bits per heavy atom. The standard InChI is InChI=1S/C18H16N4O2/c1-12-7-9-14(10-8-12)19-16(23)11-15-17(24)22-18(21-15)20-13-5-3-2-4-6-13/h2-11H,1H3,(H,19,23)(H2,20,21,22,24)/b15-11-. The monoisotopic (exact) mass is 320 g/mol. The van der Waals surface area contributed by atoms with Gasteiger partial charge in [-0.2, -0.15) is 0 Å². The lowest BCUT2D eigenvalue weighted by Gasteiger charge is -2.03. The molecule has 2 aromatic rings. The number of nitrogens with one attached hydrogen (secondary N) is 3. The first-order valence-corrected chi connectivity index (χ1v) is 7.41. The Bertz CT molecular complexity index is 824. The molecule has 1 aliphatic rings. The van der Waals surface area contributed by atoms with Crippen molar-refractivity contribution in [1.29, 1.82) is 0 Å². The van der Waals surface area contributed by atoms with Gasteiger partial charge in [-0.15, -0.1) is 0 Å². The van der Waals surface area contributed by atoms with Crippen LogP contribution in [0.25, 0.3) is 0 Å². The van der Waals surface area contributed by atoms with Crippen LogP contribution in [0, 0.1) is 6.92 Å². The number of guanidine groups is 1. The molecule has 1 heterocycles. The Kier molecular flexibility index (Phi) is 4.38. The van der Waals surface area contributed by atoms with Gasteiger partial charge in [0.05, 0.1) is 0 Å². The molecule has 0 bridgehead atoms. The maximum atomic E-state index is 12.0. The van der Waals surface area contributed by atoms with Gasteiger partial charge < -0.3 is 10.6 Å². The lowest BCUT2D eigenvalue weighted by atomic mass is 10.2. The summed E-state index contributed by atoms with van der Waals surface area (Å²) in [5, 5.41) is 8.25. The molecule has 3 rings (SSSR count). The van der Waals surface area contributed by atoms with Gasteiger partial charge >= 0.3 is 0 Å². The Morgan fingerprint density at radius 1 is 1.04 bits per heavy atom. The van der Waals surface area contributed by atoms with Gasteiger partial charge in [-0.05, 0) is 31.2 Å². The number of carbonyl (C=O) groups excluding carboxylic acids is 2. The fraction of sp³-hybridized carbons (Fsp3) is 0.0556. The number of para-hydroxylation sites is 1. The van der Waals surface area contributed by atoms with Crippen molar-refractivity contribution in [3.63, 3.8) is 0 Å². The Labute approximate surface area is 139 Å². The Hall–Kier alpha value is -3.41. The van der Waals surface area contributed by atoms with E-state index in [9.17, 15) is 9.59 Å². The quantitative estimate of drug-likeness (QED) is 0.760. The molecule has 0 unspecified atom stereocenters. The fourth-order valence-corrected chi connectivity index (χ4v) is 2.13. The predicted molar refractivity (Wildman–Crippen MR) is 93.5 cm³/mol. The van der Waals surface area contributed by atoms with Crippen molar-refractivity contribution >= 4 is 29.1 Å². The summed E-state index contributed by atoms with van der Waals surface area (Å²) < 4.78 is 0. The average molecular weight is 320 g/mol. The van der Waals surface area contributed by atoms with Gasteiger partial charge in [0.2, 0.25) is 5.96 Å². The molecule has 0 spiro atoms. The van der Waals surface area contributed by atoms with Gasteiger partial charge in [0.25, 0.3) is 11.8 Å². The number of carbonyl (C=O) groups is 2. The van der Waals surface area contributed by atoms with Gasteiger partial charge in [-0.3, -0.25) is 14.9 Å². The summed E-state index contributed by atoms with van der Waals surface area (Å²) in [6.07, 6.45) is 1.18. The van der Waals surface area contributed by atoms with Crippen molar-refractivity contribution < 1.29 is 9.59 Å². The van der Waals surface area contributed by atoms with Gasteiger partial charge in [0.1, 0.15) is 5.70 Å². The van der Waals surface area contributed by atoms with Crippen molar-refractivity contribution in [2.75, 3.05) is 10.6 Å². The maximum Gasteiger partial charge on any atom is 0.276 e. The topological polar surface area (TPSA) is 82.6 Å². The van der Waals surface area contributed by atoms with Gasteiger partial charge in [0.15, 0.2) is 0 Å². The molecule has 3 N–H and O–H groups in total. The first-order valence-electron chi connectivity index (χ1n) is 7.41. The third-order valence-corrected chi connectivity index (χ3v) is 3.32. The number of hydrogen-bond donors (Lipinski definition) is 3. The molecule has 0 fully saturated rings. The molecule has 0 saturated heterocycles. The fourth-order valence-electron chi connectivity index (χ4n) is 2.13. The zero-order valence-electron chi connectivity index (χ0n) is 13.0. The highest BCUT2D eigenvalue weighted by Crippen LogP contribution is 2.12. The van der Waals surface area contributed by atoms with E-state index in [0.29, 0.717) is 11.6 Å². The van der Waals surface area contributed by atoms with E-state index in [-0.39, 0.29) is 5.70 Å². The zero-order chi connectivity index (χ0) is 16.9. The average Bonchev–Trinajstić information content (AvgIpc) is 2.90. The SMILES string of the molecule is Cc1ccc(NC(=O)/C=C2\N=C(Nc3ccccc3)NC2=O)cc1. The molecule has 0 saturated carbocycles. The van der Waals surface area contributed by atoms with Crippen LogP contribution >= 0.6 is 0 Å². The van der Waals surface area contributed by atoms with E-state index >= 15 is 0 Å². The third kappa shape index (κ3) is 3.86.